The number of aromatic nitrogens is 4. The summed E-state index contributed by atoms with van der Waals surface area (Å²) in [6.07, 6.45) is 6.15. The number of hydrogen-bond donors (Lipinski definition) is 1. The van der Waals surface area contributed by atoms with Gasteiger partial charge in [-0.2, -0.15) is 10.4 Å². The molecule has 7 heteroatoms. The molecule has 0 spiro atoms. The minimum atomic E-state index is -0.115. The zero-order chi connectivity index (χ0) is 19.0. The van der Waals surface area contributed by atoms with Crippen LogP contribution in [0.4, 0.5) is 0 Å². The number of aromatic amines is 1. The summed E-state index contributed by atoms with van der Waals surface area (Å²) in [4.78, 5) is 21.8. The number of nitrogens with one attached hydrogen (secondary N) is 1. The highest BCUT2D eigenvalue weighted by atomic mass is 16.2. The van der Waals surface area contributed by atoms with Gasteiger partial charge >= 0.3 is 0 Å². The average Bonchev–Trinajstić information content (AvgIpc) is 3.25. The van der Waals surface area contributed by atoms with E-state index in [1.807, 2.05) is 34.0 Å². The number of pyridine rings is 1. The van der Waals surface area contributed by atoms with Crippen molar-refractivity contribution >= 4 is 5.91 Å². The Morgan fingerprint density at radius 2 is 2.04 bits per heavy atom. The topological polar surface area (TPSA) is 90.6 Å². The molecule has 3 aromatic rings. The van der Waals surface area contributed by atoms with E-state index in [0.717, 1.165) is 23.4 Å². The summed E-state index contributed by atoms with van der Waals surface area (Å²) in [5, 5.41) is 13.5. The molecule has 7 nitrogen and oxygen atoms in total. The van der Waals surface area contributed by atoms with Crippen LogP contribution in [0, 0.1) is 16.7 Å². The molecule has 0 unspecified atom stereocenters. The number of nitriles is 1. The Balaban J connectivity index is 1.70. The second-order valence-corrected chi connectivity index (χ2v) is 7.63. The first-order chi connectivity index (χ1) is 13.0. The van der Waals surface area contributed by atoms with Gasteiger partial charge in [0.15, 0.2) is 0 Å². The molecule has 0 fully saturated rings. The maximum absolute atomic E-state index is 13.0. The predicted octanol–water partition coefficient (Wildman–Crippen LogP) is 2.69. The van der Waals surface area contributed by atoms with Gasteiger partial charge in [-0.05, 0) is 36.1 Å². The Morgan fingerprint density at radius 1 is 1.26 bits per heavy atom. The molecular formula is C20H20N6O. The number of H-pyrrole nitrogens is 1. The van der Waals surface area contributed by atoms with E-state index in [9.17, 15) is 4.79 Å². The Kier molecular flexibility index (Phi) is 4.04. The first-order valence-electron chi connectivity index (χ1n) is 8.81. The molecule has 0 atom stereocenters. The van der Waals surface area contributed by atoms with Crippen molar-refractivity contribution in [1.82, 2.24) is 24.6 Å². The van der Waals surface area contributed by atoms with Crippen molar-refractivity contribution in [2.45, 2.75) is 26.8 Å². The molecule has 0 radical (unpaired) electrons. The van der Waals surface area contributed by atoms with Crippen LogP contribution in [0.15, 0.2) is 42.9 Å². The Labute approximate surface area is 157 Å². The maximum Gasteiger partial charge on any atom is 0.270 e. The zero-order valence-electron chi connectivity index (χ0n) is 15.3. The van der Waals surface area contributed by atoms with Crippen LogP contribution in [0.2, 0.25) is 0 Å². The predicted molar refractivity (Wildman–Crippen MR) is 99.1 cm³/mol. The molecule has 4 rings (SSSR count). The standard InChI is InChI=1S/C20H20N6O/c1-20(2)9-18-14(11-23-26(18)16-5-7-22-8-6-16)12-25(13-20)19(27)17-4-3-15(10-21)24-17/h3-8,11,24H,9,12-13H2,1-2H3. The van der Waals surface area contributed by atoms with E-state index >= 15 is 0 Å². The summed E-state index contributed by atoms with van der Waals surface area (Å²) in [6.45, 7) is 5.42. The zero-order valence-corrected chi connectivity index (χ0v) is 15.3. The molecule has 4 heterocycles. The maximum atomic E-state index is 13.0. The average molecular weight is 360 g/mol. The van der Waals surface area contributed by atoms with Crippen LogP contribution in [-0.4, -0.2) is 37.1 Å². The van der Waals surface area contributed by atoms with Crippen molar-refractivity contribution in [3.8, 4) is 11.8 Å². The second-order valence-electron chi connectivity index (χ2n) is 7.63. The van der Waals surface area contributed by atoms with Gasteiger partial charge in [0.2, 0.25) is 0 Å². The van der Waals surface area contributed by atoms with E-state index in [4.69, 9.17) is 5.26 Å². The third-order valence-corrected chi connectivity index (χ3v) is 4.81. The lowest BCUT2D eigenvalue weighted by Gasteiger charge is -2.29. The SMILES string of the molecule is CC1(C)Cc2c(cnn2-c2ccncc2)CN(C(=O)c2ccc(C#N)[nH]2)C1. The third kappa shape index (κ3) is 3.22. The molecule has 0 saturated carbocycles. The monoisotopic (exact) mass is 360 g/mol. The minimum absolute atomic E-state index is 0.103. The van der Waals surface area contributed by atoms with Crippen LogP contribution >= 0.6 is 0 Å². The third-order valence-electron chi connectivity index (χ3n) is 4.81. The summed E-state index contributed by atoms with van der Waals surface area (Å²) < 4.78 is 1.94. The first kappa shape index (κ1) is 17.0. The van der Waals surface area contributed by atoms with Crippen molar-refractivity contribution < 1.29 is 4.79 Å². The summed E-state index contributed by atoms with van der Waals surface area (Å²) in [7, 11) is 0. The van der Waals surface area contributed by atoms with E-state index in [1.54, 1.807) is 24.5 Å². The number of carbonyl (C=O) groups excluding carboxylic acids is 1. The first-order valence-corrected chi connectivity index (χ1v) is 8.81. The molecule has 136 valence electrons. The van der Waals surface area contributed by atoms with Crippen molar-refractivity contribution in [2.75, 3.05) is 6.54 Å². The van der Waals surface area contributed by atoms with E-state index in [-0.39, 0.29) is 11.3 Å². The van der Waals surface area contributed by atoms with Gasteiger partial charge in [0.05, 0.1) is 11.9 Å². The molecule has 0 bridgehead atoms. The number of carbonyl (C=O) groups is 1. The number of hydrogen-bond acceptors (Lipinski definition) is 4. The van der Waals surface area contributed by atoms with Gasteiger partial charge in [0.25, 0.3) is 5.91 Å². The molecule has 1 aliphatic rings. The van der Waals surface area contributed by atoms with Gasteiger partial charge in [0.1, 0.15) is 17.5 Å². The molecule has 1 N–H and O–H groups in total. The number of nitrogens with zero attached hydrogens (tertiary/aromatic N) is 5. The highest BCUT2D eigenvalue weighted by Crippen LogP contribution is 2.32. The molecule has 0 aliphatic carbocycles. The number of amides is 1. The Bertz CT molecular complexity index is 1020. The fourth-order valence-electron chi connectivity index (χ4n) is 3.62. The van der Waals surface area contributed by atoms with Crippen LogP contribution in [0.3, 0.4) is 0 Å². The fourth-order valence-corrected chi connectivity index (χ4v) is 3.62. The molecule has 1 aliphatic heterocycles. The van der Waals surface area contributed by atoms with Gasteiger partial charge in [-0.15, -0.1) is 0 Å². The minimum Gasteiger partial charge on any atom is -0.342 e. The molecule has 1 amide bonds. The van der Waals surface area contributed by atoms with E-state index < -0.39 is 0 Å². The van der Waals surface area contributed by atoms with Crippen LogP contribution in [0.5, 0.6) is 0 Å². The normalized spacial score (nSPS) is 15.7. The molecule has 0 aromatic carbocycles. The number of rotatable bonds is 2. The summed E-state index contributed by atoms with van der Waals surface area (Å²) in [5.74, 6) is -0.103. The smallest absolute Gasteiger partial charge is 0.270 e. The summed E-state index contributed by atoms with van der Waals surface area (Å²) in [5.41, 5.74) is 3.83. The second kappa shape index (κ2) is 6.40. The van der Waals surface area contributed by atoms with Crippen molar-refractivity contribution in [1.29, 1.82) is 5.26 Å². The lowest BCUT2D eigenvalue weighted by molar-refractivity contribution is 0.0675. The van der Waals surface area contributed by atoms with E-state index in [1.165, 1.54) is 0 Å². The largest absolute Gasteiger partial charge is 0.342 e. The highest BCUT2D eigenvalue weighted by Gasteiger charge is 2.33. The quantitative estimate of drug-likeness (QED) is 0.761. The molecule has 0 saturated heterocycles. The van der Waals surface area contributed by atoms with Crippen LogP contribution in [-0.2, 0) is 13.0 Å². The van der Waals surface area contributed by atoms with Gasteiger partial charge in [-0.25, -0.2) is 4.68 Å². The van der Waals surface area contributed by atoms with Gasteiger partial charge < -0.3 is 9.88 Å². The highest BCUT2D eigenvalue weighted by molar-refractivity contribution is 5.92. The van der Waals surface area contributed by atoms with Gasteiger partial charge in [0, 0.05) is 36.7 Å². The van der Waals surface area contributed by atoms with Crippen LogP contribution in [0.25, 0.3) is 5.69 Å². The van der Waals surface area contributed by atoms with Gasteiger partial charge in [-0.3, -0.25) is 9.78 Å². The Morgan fingerprint density at radius 3 is 2.74 bits per heavy atom. The summed E-state index contributed by atoms with van der Waals surface area (Å²) >= 11 is 0. The summed E-state index contributed by atoms with van der Waals surface area (Å²) in [6, 6.07) is 9.18. The van der Waals surface area contributed by atoms with Crippen molar-refractivity contribution in [2.24, 2.45) is 5.41 Å². The lowest BCUT2D eigenvalue weighted by atomic mass is 9.87. The number of fused-ring (bicyclic) bond motifs is 1. The molecular weight excluding hydrogens is 340 g/mol. The Hall–Kier alpha value is -3.40. The molecule has 27 heavy (non-hydrogen) atoms. The van der Waals surface area contributed by atoms with Crippen molar-refractivity contribution in [3.05, 3.63) is 65.5 Å². The van der Waals surface area contributed by atoms with Crippen LogP contribution in [0.1, 0.15) is 41.3 Å². The fraction of sp³-hybridized carbons (Fsp3) is 0.300. The van der Waals surface area contributed by atoms with E-state index in [0.29, 0.717) is 24.5 Å². The van der Waals surface area contributed by atoms with E-state index in [2.05, 4.69) is 28.9 Å². The lowest BCUT2D eigenvalue weighted by Crippen LogP contribution is -2.37. The van der Waals surface area contributed by atoms with Crippen LogP contribution < -0.4 is 0 Å². The van der Waals surface area contributed by atoms with Crippen molar-refractivity contribution in [3.63, 3.8) is 0 Å². The molecule has 3 aromatic heterocycles. The van der Waals surface area contributed by atoms with Gasteiger partial charge in [-0.1, -0.05) is 13.8 Å².